The first kappa shape index (κ1) is 25.8. The Morgan fingerprint density at radius 2 is 1.82 bits per heavy atom. The zero-order valence-electron chi connectivity index (χ0n) is 21.6. The third-order valence-corrected chi connectivity index (χ3v) is 7.25. The lowest BCUT2D eigenvalue weighted by molar-refractivity contribution is 0.100. The standard InChI is InChI=1S/C27H31BrN8O2/c1-16(2)35-10-12-36(13-11-35)18-5-7-22(23(15-18)38-3)32-27-33-25-19(8-9-30-25)26(34-27)31-21-6-4-17(28)14-20(21)24(29)37/h4-9,14-16H,10-13H2,1-3H3,(H2,29,37)(H3,30,31,32,33,34). The number of nitrogens with zero attached hydrogens (tertiary/aromatic N) is 4. The molecule has 0 radical (unpaired) electrons. The summed E-state index contributed by atoms with van der Waals surface area (Å²) in [5.74, 6) is 1.06. The van der Waals surface area contributed by atoms with Crippen LogP contribution in [0.15, 0.2) is 53.1 Å². The van der Waals surface area contributed by atoms with Gasteiger partial charge in [0.1, 0.15) is 17.2 Å². The van der Waals surface area contributed by atoms with E-state index >= 15 is 0 Å². The Morgan fingerprint density at radius 3 is 2.53 bits per heavy atom. The number of hydrogen-bond donors (Lipinski definition) is 4. The number of hydrogen-bond acceptors (Lipinski definition) is 8. The minimum atomic E-state index is -0.540. The number of aromatic amines is 1. The molecule has 10 nitrogen and oxygen atoms in total. The fraction of sp³-hybridized carbons (Fsp3) is 0.296. The van der Waals surface area contributed by atoms with Gasteiger partial charge in [-0.15, -0.1) is 0 Å². The summed E-state index contributed by atoms with van der Waals surface area (Å²) in [4.78, 5) is 29.4. The molecule has 2 aromatic carbocycles. The molecule has 0 spiro atoms. The molecule has 11 heteroatoms. The number of nitrogens with two attached hydrogens (primary N) is 1. The number of methoxy groups -OCH3 is 1. The van der Waals surface area contributed by atoms with Crippen LogP contribution in [0.4, 0.5) is 28.8 Å². The molecule has 0 bridgehead atoms. The van der Waals surface area contributed by atoms with Gasteiger partial charge in [0.15, 0.2) is 0 Å². The maximum absolute atomic E-state index is 12.0. The summed E-state index contributed by atoms with van der Waals surface area (Å²) in [6, 6.07) is 13.8. The van der Waals surface area contributed by atoms with E-state index < -0.39 is 5.91 Å². The van der Waals surface area contributed by atoms with Crippen molar-refractivity contribution in [3.63, 3.8) is 0 Å². The van der Waals surface area contributed by atoms with Crippen LogP contribution in [0.25, 0.3) is 11.0 Å². The van der Waals surface area contributed by atoms with Crippen LogP contribution < -0.4 is 26.0 Å². The zero-order valence-corrected chi connectivity index (χ0v) is 23.2. The van der Waals surface area contributed by atoms with Gasteiger partial charge in [0, 0.05) is 54.6 Å². The number of nitrogens with one attached hydrogen (secondary N) is 3. The molecule has 1 aliphatic rings. The number of primary amides is 1. The lowest BCUT2D eigenvalue weighted by atomic mass is 10.1. The molecule has 0 unspecified atom stereocenters. The number of carbonyl (C=O) groups excluding carboxylic acids is 1. The smallest absolute Gasteiger partial charge is 0.250 e. The molecular formula is C27H31BrN8O2. The summed E-state index contributed by atoms with van der Waals surface area (Å²) >= 11 is 3.39. The molecule has 5 rings (SSSR count). The average molecular weight is 580 g/mol. The first-order chi connectivity index (χ1) is 18.3. The van der Waals surface area contributed by atoms with Crippen LogP contribution in [0.1, 0.15) is 24.2 Å². The van der Waals surface area contributed by atoms with E-state index in [1.807, 2.05) is 24.3 Å². The molecule has 1 amide bonds. The second-order valence-electron chi connectivity index (χ2n) is 9.44. The Bertz CT molecular complexity index is 1460. The molecule has 1 fully saturated rings. The third kappa shape index (κ3) is 5.39. The molecule has 2 aromatic heterocycles. The average Bonchev–Trinajstić information content (AvgIpc) is 3.39. The fourth-order valence-electron chi connectivity index (χ4n) is 4.65. The molecule has 38 heavy (non-hydrogen) atoms. The number of amides is 1. The van der Waals surface area contributed by atoms with Crippen LogP contribution in [0, 0.1) is 0 Å². The van der Waals surface area contributed by atoms with Crippen molar-refractivity contribution in [3.05, 3.63) is 58.7 Å². The van der Waals surface area contributed by atoms with Crippen LogP contribution >= 0.6 is 15.9 Å². The lowest BCUT2D eigenvalue weighted by Gasteiger charge is -2.38. The summed E-state index contributed by atoms with van der Waals surface area (Å²) in [6.07, 6.45) is 1.79. The van der Waals surface area contributed by atoms with Crippen molar-refractivity contribution in [2.75, 3.05) is 48.8 Å². The Hall–Kier alpha value is -3.83. The van der Waals surface area contributed by atoms with E-state index in [4.69, 9.17) is 15.5 Å². The van der Waals surface area contributed by atoms with Crippen molar-refractivity contribution < 1.29 is 9.53 Å². The van der Waals surface area contributed by atoms with Gasteiger partial charge in [-0.05, 0) is 50.2 Å². The van der Waals surface area contributed by atoms with Gasteiger partial charge >= 0.3 is 0 Å². The third-order valence-electron chi connectivity index (χ3n) is 6.76. The predicted molar refractivity (Wildman–Crippen MR) is 155 cm³/mol. The molecule has 0 atom stereocenters. The summed E-state index contributed by atoms with van der Waals surface area (Å²) in [7, 11) is 1.65. The minimum Gasteiger partial charge on any atom is -0.494 e. The number of benzene rings is 2. The Kier molecular flexibility index (Phi) is 7.39. The molecule has 4 aromatic rings. The topological polar surface area (TPSA) is 124 Å². The first-order valence-corrected chi connectivity index (χ1v) is 13.3. The number of rotatable bonds is 8. The quantitative estimate of drug-likeness (QED) is 0.234. The SMILES string of the molecule is COc1cc(N2CCN(C(C)C)CC2)ccc1Nc1nc(Nc2ccc(Br)cc2C(N)=O)c2cc[nH]c2n1. The maximum atomic E-state index is 12.0. The number of anilines is 5. The van der Waals surface area contributed by atoms with Gasteiger partial charge in [0.05, 0.1) is 29.4 Å². The van der Waals surface area contributed by atoms with Crippen molar-refractivity contribution in [1.29, 1.82) is 0 Å². The molecule has 1 saturated heterocycles. The van der Waals surface area contributed by atoms with E-state index in [0.717, 1.165) is 47.4 Å². The first-order valence-electron chi connectivity index (χ1n) is 12.5. The van der Waals surface area contributed by atoms with Crippen LogP contribution in [0.3, 0.4) is 0 Å². The highest BCUT2D eigenvalue weighted by Crippen LogP contribution is 2.34. The lowest BCUT2D eigenvalue weighted by Crippen LogP contribution is -2.48. The second kappa shape index (κ2) is 10.9. The molecule has 198 valence electrons. The second-order valence-corrected chi connectivity index (χ2v) is 10.4. The number of ether oxygens (including phenoxy) is 1. The molecule has 5 N–H and O–H groups in total. The Labute approximate surface area is 229 Å². The highest BCUT2D eigenvalue weighted by Gasteiger charge is 2.20. The van der Waals surface area contributed by atoms with E-state index in [1.54, 1.807) is 25.4 Å². The van der Waals surface area contributed by atoms with Crippen LogP contribution in [0.2, 0.25) is 0 Å². The van der Waals surface area contributed by atoms with E-state index in [1.165, 1.54) is 0 Å². The van der Waals surface area contributed by atoms with Gasteiger partial charge < -0.3 is 31.0 Å². The van der Waals surface area contributed by atoms with Gasteiger partial charge in [-0.1, -0.05) is 15.9 Å². The van der Waals surface area contributed by atoms with Crippen LogP contribution in [-0.2, 0) is 0 Å². The molecule has 3 heterocycles. The van der Waals surface area contributed by atoms with Crippen LogP contribution in [0.5, 0.6) is 5.75 Å². The van der Waals surface area contributed by atoms with E-state index in [2.05, 4.69) is 66.2 Å². The molecule has 1 aliphatic heterocycles. The van der Waals surface area contributed by atoms with Gasteiger partial charge in [-0.25, -0.2) is 0 Å². The van der Waals surface area contributed by atoms with Crippen molar-refractivity contribution in [3.8, 4) is 5.75 Å². The molecule has 0 saturated carbocycles. The Balaban J connectivity index is 1.41. The van der Waals surface area contributed by atoms with Gasteiger partial charge in [0.2, 0.25) is 5.95 Å². The zero-order chi connectivity index (χ0) is 26.8. The number of piperazine rings is 1. The van der Waals surface area contributed by atoms with Gasteiger partial charge in [-0.2, -0.15) is 9.97 Å². The van der Waals surface area contributed by atoms with E-state index in [-0.39, 0.29) is 0 Å². The maximum Gasteiger partial charge on any atom is 0.250 e. The fourth-order valence-corrected chi connectivity index (χ4v) is 5.01. The normalized spacial score (nSPS) is 14.2. The summed E-state index contributed by atoms with van der Waals surface area (Å²) in [5, 5.41) is 7.33. The molecular weight excluding hydrogens is 548 g/mol. The summed E-state index contributed by atoms with van der Waals surface area (Å²) in [5.41, 5.74) is 9.01. The Morgan fingerprint density at radius 1 is 1.05 bits per heavy atom. The minimum absolute atomic E-state index is 0.350. The predicted octanol–water partition coefficient (Wildman–Crippen LogP) is 4.85. The van der Waals surface area contributed by atoms with E-state index in [0.29, 0.717) is 40.5 Å². The van der Waals surface area contributed by atoms with Crippen molar-refractivity contribution in [2.45, 2.75) is 19.9 Å². The number of carbonyl (C=O) groups is 1. The highest BCUT2D eigenvalue weighted by molar-refractivity contribution is 9.10. The number of aromatic nitrogens is 3. The number of fused-ring (bicyclic) bond motifs is 1. The van der Waals surface area contributed by atoms with Gasteiger partial charge in [0.25, 0.3) is 5.91 Å². The largest absolute Gasteiger partial charge is 0.494 e. The summed E-state index contributed by atoms with van der Waals surface area (Å²) < 4.78 is 6.48. The van der Waals surface area contributed by atoms with Crippen LogP contribution in [-0.4, -0.2) is 65.1 Å². The monoisotopic (exact) mass is 578 g/mol. The highest BCUT2D eigenvalue weighted by atomic mass is 79.9. The molecule has 0 aliphatic carbocycles. The van der Waals surface area contributed by atoms with Gasteiger partial charge in [-0.3, -0.25) is 9.69 Å². The van der Waals surface area contributed by atoms with Crippen molar-refractivity contribution in [2.24, 2.45) is 5.73 Å². The number of H-pyrrole nitrogens is 1. The van der Waals surface area contributed by atoms with Crippen molar-refractivity contribution in [1.82, 2.24) is 19.9 Å². The van der Waals surface area contributed by atoms with Crippen molar-refractivity contribution >= 4 is 61.7 Å². The van der Waals surface area contributed by atoms with E-state index in [9.17, 15) is 4.79 Å². The summed E-state index contributed by atoms with van der Waals surface area (Å²) in [6.45, 7) is 8.49. The number of halogens is 1.